The van der Waals surface area contributed by atoms with Crippen molar-refractivity contribution in [1.29, 1.82) is 0 Å². The maximum Gasteiger partial charge on any atom is 0.359 e. The predicted molar refractivity (Wildman–Crippen MR) is 128 cm³/mol. The number of hydrogen-bond donors (Lipinski definition) is 0. The van der Waals surface area contributed by atoms with Crippen molar-refractivity contribution in [2.45, 2.75) is 87.7 Å². The molecule has 0 aromatic heterocycles. The van der Waals surface area contributed by atoms with Gasteiger partial charge >= 0.3 is 15.2 Å². The lowest BCUT2D eigenvalue weighted by atomic mass is 10.4. The van der Waals surface area contributed by atoms with Gasteiger partial charge in [-0.25, -0.2) is 0 Å². The third-order valence-corrected chi connectivity index (χ3v) is 10.5. The summed E-state index contributed by atoms with van der Waals surface area (Å²) in [5, 5.41) is -1.50. The van der Waals surface area contributed by atoms with E-state index in [1.54, 1.807) is 0 Å². The molecule has 0 aliphatic carbocycles. The molecular weight excluding hydrogens is 516 g/mol. The van der Waals surface area contributed by atoms with Crippen LogP contribution in [0, 0.1) is 0 Å². The second-order valence-corrected chi connectivity index (χ2v) is 13.8. The van der Waals surface area contributed by atoms with Gasteiger partial charge in [0.05, 0.1) is 42.1 Å². The Kier molecular flexibility index (Phi) is 16.9. The highest BCUT2D eigenvalue weighted by Crippen LogP contribution is 2.61. The number of rotatable bonds is 18. The molecule has 0 saturated heterocycles. The first-order valence-corrected chi connectivity index (χ1v) is 15.4. The Bertz CT molecular complexity index is 539. The summed E-state index contributed by atoms with van der Waals surface area (Å²) in [4.78, 5) is 0. The quantitative estimate of drug-likeness (QED) is 0.127. The fraction of sp³-hybridized carbons (Fsp3) is 1.00. The normalized spacial score (nSPS) is 19.6. The molecule has 6 atom stereocenters. The molecule has 0 bridgehead atoms. The van der Waals surface area contributed by atoms with Crippen LogP contribution in [-0.4, -0.2) is 53.3 Å². The van der Waals surface area contributed by atoms with E-state index in [9.17, 15) is 9.13 Å². The monoisotopic (exact) mass is 550 g/mol. The predicted octanol–water partition coefficient (Wildman–Crippen LogP) is 7.85. The molecule has 0 fully saturated rings. The van der Waals surface area contributed by atoms with Gasteiger partial charge in [-0.3, -0.25) is 13.7 Å². The Morgan fingerprint density at radius 2 is 1.03 bits per heavy atom. The minimum Gasteiger partial charge on any atom is -0.307 e. The van der Waals surface area contributed by atoms with Gasteiger partial charge in [-0.05, 0) is 32.6 Å². The summed E-state index contributed by atoms with van der Waals surface area (Å²) in [6.45, 7) is 8.95. The van der Waals surface area contributed by atoms with Crippen molar-refractivity contribution in [3.05, 3.63) is 0 Å². The van der Waals surface area contributed by atoms with Crippen LogP contribution in [0.2, 0.25) is 0 Å². The second kappa shape index (κ2) is 16.1. The Morgan fingerprint density at radius 1 is 0.667 bits per heavy atom. The average Bonchev–Trinajstić information content (AvgIpc) is 2.73. The third-order valence-electron chi connectivity index (χ3n) is 4.27. The molecule has 30 heavy (non-hydrogen) atoms. The standard InChI is InChI=1S/C18H36Cl4O6P2/c1-6-15(19)10-25-29(23,13-18(22)9-4)28-14(5)30(24,26-11-16(20)7-2)27-12-17(21)8-3/h14-18H,6-13H2,1-5H3/t14-,15+,16-,17-,18-,29+/m1/s1. The lowest BCUT2D eigenvalue weighted by molar-refractivity contribution is 0.137. The molecule has 12 heteroatoms. The molecule has 0 aliphatic rings. The molecule has 0 radical (unpaired) electrons. The molecule has 0 aromatic rings. The lowest BCUT2D eigenvalue weighted by Crippen LogP contribution is -2.21. The summed E-state index contributed by atoms with van der Waals surface area (Å²) in [7, 11) is -7.60. The van der Waals surface area contributed by atoms with Gasteiger partial charge < -0.3 is 13.6 Å². The van der Waals surface area contributed by atoms with Crippen LogP contribution in [0.25, 0.3) is 0 Å². The van der Waals surface area contributed by atoms with Crippen molar-refractivity contribution in [2.24, 2.45) is 0 Å². The highest BCUT2D eigenvalue weighted by Gasteiger charge is 2.41. The van der Waals surface area contributed by atoms with Crippen LogP contribution in [-0.2, 0) is 27.2 Å². The van der Waals surface area contributed by atoms with Crippen LogP contribution < -0.4 is 0 Å². The molecule has 0 saturated carbocycles. The second-order valence-electron chi connectivity index (χ2n) is 6.95. The Hall–Kier alpha value is 1.46. The van der Waals surface area contributed by atoms with Crippen LogP contribution in [0.5, 0.6) is 0 Å². The van der Waals surface area contributed by atoms with Gasteiger partial charge in [0.2, 0.25) is 0 Å². The summed E-state index contributed by atoms with van der Waals surface area (Å²) in [5.41, 5.74) is 0. The van der Waals surface area contributed by atoms with Crippen LogP contribution >= 0.6 is 61.6 Å². The molecule has 0 amide bonds. The molecule has 0 aromatic carbocycles. The summed E-state index contributed by atoms with van der Waals surface area (Å²) >= 11 is 24.5. The van der Waals surface area contributed by atoms with Crippen molar-refractivity contribution in [2.75, 3.05) is 26.0 Å². The van der Waals surface area contributed by atoms with Gasteiger partial charge in [0.1, 0.15) is 0 Å². The van der Waals surface area contributed by atoms with Gasteiger partial charge in [-0.1, -0.05) is 27.7 Å². The van der Waals surface area contributed by atoms with Crippen molar-refractivity contribution in [1.82, 2.24) is 0 Å². The summed E-state index contributed by atoms with van der Waals surface area (Å²) in [6, 6.07) is 0. The zero-order valence-corrected chi connectivity index (χ0v) is 23.2. The summed E-state index contributed by atoms with van der Waals surface area (Å²) in [5.74, 6) is -1.18. The van der Waals surface area contributed by atoms with Gasteiger partial charge in [0, 0.05) is 5.38 Å². The van der Waals surface area contributed by atoms with E-state index in [4.69, 9.17) is 64.5 Å². The van der Waals surface area contributed by atoms with Crippen LogP contribution in [0.15, 0.2) is 0 Å². The molecule has 0 heterocycles. The van der Waals surface area contributed by atoms with E-state index in [1.165, 1.54) is 6.92 Å². The van der Waals surface area contributed by atoms with Crippen LogP contribution in [0.4, 0.5) is 0 Å². The highest BCUT2D eigenvalue weighted by atomic mass is 35.5. The van der Waals surface area contributed by atoms with Crippen LogP contribution in [0.1, 0.15) is 60.3 Å². The molecule has 182 valence electrons. The van der Waals surface area contributed by atoms with Crippen molar-refractivity contribution in [3.63, 3.8) is 0 Å². The summed E-state index contributed by atoms with van der Waals surface area (Å²) in [6.07, 6.45) is 2.36. The molecule has 0 aliphatic heterocycles. The van der Waals surface area contributed by atoms with E-state index < -0.39 is 26.4 Å². The Labute approximate surface area is 202 Å². The molecular formula is C18H36Cl4O6P2. The number of hydrogen-bond acceptors (Lipinski definition) is 6. The zero-order valence-electron chi connectivity index (χ0n) is 18.4. The van der Waals surface area contributed by atoms with Crippen molar-refractivity contribution < 1.29 is 27.2 Å². The largest absolute Gasteiger partial charge is 0.359 e. The molecule has 0 spiro atoms. The van der Waals surface area contributed by atoms with E-state index in [-0.39, 0.29) is 42.1 Å². The fourth-order valence-electron chi connectivity index (χ4n) is 1.95. The highest BCUT2D eigenvalue weighted by molar-refractivity contribution is 7.57. The third kappa shape index (κ3) is 12.6. The van der Waals surface area contributed by atoms with Crippen LogP contribution in [0.3, 0.4) is 0 Å². The van der Waals surface area contributed by atoms with Gasteiger partial charge in [-0.15, -0.1) is 46.4 Å². The van der Waals surface area contributed by atoms with E-state index in [1.807, 2.05) is 27.7 Å². The van der Waals surface area contributed by atoms with Gasteiger partial charge in [-0.2, -0.15) is 0 Å². The van der Waals surface area contributed by atoms with E-state index >= 15 is 0 Å². The molecule has 6 nitrogen and oxygen atoms in total. The molecule has 0 N–H and O–H groups in total. The van der Waals surface area contributed by atoms with Gasteiger partial charge in [0.15, 0.2) is 5.85 Å². The average molecular weight is 552 g/mol. The first-order valence-electron chi connectivity index (χ1n) is 10.3. The molecule has 0 rings (SSSR count). The smallest absolute Gasteiger partial charge is 0.307 e. The SMILES string of the molecule is CC[C@@H](Cl)COP(=O)(OC[C@H](Cl)CC)[C@H](C)O[P@](=O)(C[C@H](Cl)CC)OC[C@@H](Cl)CC. The number of halogens is 4. The van der Waals surface area contributed by atoms with Crippen molar-refractivity contribution >= 4 is 61.6 Å². The maximum absolute atomic E-state index is 13.5. The van der Waals surface area contributed by atoms with Gasteiger partial charge in [0.25, 0.3) is 0 Å². The summed E-state index contributed by atoms with van der Waals surface area (Å²) < 4.78 is 49.2. The molecule has 0 unspecified atom stereocenters. The topological polar surface area (TPSA) is 71.1 Å². The van der Waals surface area contributed by atoms with E-state index in [0.717, 1.165) is 0 Å². The first kappa shape index (κ1) is 31.5. The van der Waals surface area contributed by atoms with E-state index in [2.05, 4.69) is 0 Å². The Morgan fingerprint density at radius 3 is 1.40 bits per heavy atom. The van der Waals surface area contributed by atoms with E-state index in [0.29, 0.717) is 25.7 Å². The zero-order chi connectivity index (χ0) is 23.4. The lowest BCUT2D eigenvalue weighted by Gasteiger charge is -2.29. The minimum atomic E-state index is -3.87. The Balaban J connectivity index is 5.50. The maximum atomic E-state index is 13.5. The first-order chi connectivity index (χ1) is 13.9. The minimum absolute atomic E-state index is 0.0139. The van der Waals surface area contributed by atoms with Crippen molar-refractivity contribution in [3.8, 4) is 0 Å². The fourth-order valence-corrected chi connectivity index (χ4v) is 6.94. The number of alkyl halides is 4.